The molecule has 6 nitrogen and oxygen atoms in total. The highest BCUT2D eigenvalue weighted by Gasteiger charge is 2.28. The number of carbonyl (C=O) groups is 1. The molecule has 0 unspecified atom stereocenters. The molecule has 1 aromatic rings. The predicted octanol–water partition coefficient (Wildman–Crippen LogP) is 1.25. The zero-order valence-corrected chi connectivity index (χ0v) is 13.7. The summed E-state index contributed by atoms with van der Waals surface area (Å²) in [5, 5.41) is 2.81. The Bertz CT molecular complexity index is 581. The normalized spacial score (nSPS) is 16.5. The molecule has 22 heavy (non-hydrogen) atoms. The minimum Gasteiger partial charge on any atom is -0.338 e. The van der Waals surface area contributed by atoms with Crippen LogP contribution in [-0.4, -0.2) is 56.4 Å². The molecule has 1 saturated heterocycles. The van der Waals surface area contributed by atoms with E-state index in [4.69, 9.17) is 0 Å². The molecule has 2 rings (SSSR count). The Morgan fingerprint density at radius 3 is 2.36 bits per heavy atom. The van der Waals surface area contributed by atoms with Gasteiger partial charge in [0.25, 0.3) is 0 Å². The van der Waals surface area contributed by atoms with Crippen molar-refractivity contribution in [3.8, 4) is 0 Å². The maximum atomic E-state index is 12.4. The lowest BCUT2D eigenvalue weighted by Gasteiger charge is -2.34. The van der Waals surface area contributed by atoms with Gasteiger partial charge in [-0.1, -0.05) is 37.3 Å². The molecule has 0 saturated carbocycles. The van der Waals surface area contributed by atoms with Crippen LogP contribution in [0.4, 0.5) is 4.79 Å². The maximum absolute atomic E-state index is 12.4. The van der Waals surface area contributed by atoms with Crippen LogP contribution >= 0.6 is 0 Å². The molecule has 1 aromatic carbocycles. The van der Waals surface area contributed by atoms with E-state index in [2.05, 4.69) is 5.32 Å². The van der Waals surface area contributed by atoms with Crippen molar-refractivity contribution in [1.82, 2.24) is 14.5 Å². The first-order chi connectivity index (χ1) is 10.5. The first-order valence-corrected chi connectivity index (χ1v) is 9.18. The summed E-state index contributed by atoms with van der Waals surface area (Å²) in [7, 11) is -3.33. The Hall–Kier alpha value is -1.60. The van der Waals surface area contributed by atoms with Crippen LogP contribution in [0.1, 0.15) is 18.9 Å². The summed E-state index contributed by atoms with van der Waals surface area (Å²) in [5.74, 6) is 0.00979. The fraction of sp³-hybridized carbons (Fsp3) is 0.533. The Kier molecular flexibility index (Phi) is 5.79. The molecule has 0 atom stereocenters. The standard InChI is InChI=1S/C15H23N3O3S/c1-2-8-16-15(19)17-9-11-18(12-10-17)22(20,21)13-14-6-4-3-5-7-14/h3-7H,2,8-13H2,1H3,(H,16,19). The average Bonchev–Trinajstić information content (AvgIpc) is 2.53. The van der Waals surface area contributed by atoms with Gasteiger partial charge in [0.15, 0.2) is 0 Å². The van der Waals surface area contributed by atoms with Gasteiger partial charge in [-0.3, -0.25) is 0 Å². The molecule has 0 radical (unpaired) electrons. The molecular weight excluding hydrogens is 302 g/mol. The molecule has 1 heterocycles. The number of nitrogens with zero attached hydrogens (tertiary/aromatic N) is 2. The molecule has 0 bridgehead atoms. The zero-order chi connectivity index (χ0) is 16.0. The van der Waals surface area contributed by atoms with Crippen LogP contribution in [0.2, 0.25) is 0 Å². The molecule has 122 valence electrons. The highest BCUT2D eigenvalue weighted by Crippen LogP contribution is 2.13. The number of piperazine rings is 1. The van der Waals surface area contributed by atoms with Gasteiger partial charge in [0.1, 0.15) is 0 Å². The molecule has 0 aliphatic carbocycles. The summed E-state index contributed by atoms with van der Waals surface area (Å²) in [6.45, 7) is 4.22. The lowest BCUT2D eigenvalue weighted by molar-refractivity contribution is 0.172. The SMILES string of the molecule is CCCNC(=O)N1CCN(S(=O)(=O)Cc2ccccc2)CC1. The number of amides is 2. The minimum absolute atomic E-state index is 0.00979. The van der Waals surface area contributed by atoms with Crippen molar-refractivity contribution < 1.29 is 13.2 Å². The van der Waals surface area contributed by atoms with Crippen molar-refractivity contribution in [2.75, 3.05) is 32.7 Å². The van der Waals surface area contributed by atoms with Crippen molar-refractivity contribution in [1.29, 1.82) is 0 Å². The van der Waals surface area contributed by atoms with Crippen molar-refractivity contribution in [3.63, 3.8) is 0 Å². The predicted molar refractivity (Wildman–Crippen MR) is 85.9 cm³/mol. The number of rotatable bonds is 5. The lowest BCUT2D eigenvalue weighted by atomic mass is 10.2. The quantitative estimate of drug-likeness (QED) is 0.886. The van der Waals surface area contributed by atoms with E-state index in [9.17, 15) is 13.2 Å². The van der Waals surface area contributed by atoms with E-state index in [1.165, 1.54) is 4.31 Å². The fourth-order valence-electron chi connectivity index (χ4n) is 2.39. The van der Waals surface area contributed by atoms with E-state index in [0.29, 0.717) is 32.7 Å². The smallest absolute Gasteiger partial charge is 0.317 e. The molecule has 7 heteroatoms. The van der Waals surface area contributed by atoms with Crippen molar-refractivity contribution in [2.45, 2.75) is 19.1 Å². The third-order valence-corrected chi connectivity index (χ3v) is 5.49. The largest absolute Gasteiger partial charge is 0.338 e. The average molecular weight is 325 g/mol. The van der Waals surface area contributed by atoms with Crippen LogP contribution in [0.25, 0.3) is 0 Å². The second-order valence-electron chi connectivity index (χ2n) is 5.36. The molecule has 2 amide bonds. The Morgan fingerprint density at radius 2 is 1.77 bits per heavy atom. The lowest BCUT2D eigenvalue weighted by Crippen LogP contribution is -2.53. The topological polar surface area (TPSA) is 69.7 Å². The third-order valence-electron chi connectivity index (χ3n) is 3.64. The van der Waals surface area contributed by atoms with E-state index in [0.717, 1.165) is 12.0 Å². The third kappa shape index (κ3) is 4.45. The molecule has 0 spiro atoms. The highest BCUT2D eigenvalue weighted by molar-refractivity contribution is 7.88. The summed E-state index contributed by atoms with van der Waals surface area (Å²) < 4.78 is 26.3. The molecule has 0 aromatic heterocycles. The van der Waals surface area contributed by atoms with Crippen LogP contribution in [-0.2, 0) is 15.8 Å². The zero-order valence-electron chi connectivity index (χ0n) is 12.9. The molecule has 1 aliphatic heterocycles. The van der Waals surface area contributed by atoms with E-state index < -0.39 is 10.0 Å². The Labute approximate surface area is 132 Å². The van der Waals surface area contributed by atoms with Gasteiger partial charge in [-0.25, -0.2) is 13.2 Å². The summed E-state index contributed by atoms with van der Waals surface area (Å²) in [5.41, 5.74) is 0.783. The van der Waals surface area contributed by atoms with Crippen LogP contribution in [0.5, 0.6) is 0 Å². The number of nitrogens with one attached hydrogen (secondary N) is 1. The molecule has 1 fully saturated rings. The number of benzene rings is 1. The molecular formula is C15H23N3O3S. The van der Waals surface area contributed by atoms with E-state index in [1.54, 1.807) is 4.90 Å². The van der Waals surface area contributed by atoms with Gasteiger partial charge in [-0.05, 0) is 12.0 Å². The number of hydrogen-bond acceptors (Lipinski definition) is 3. The van der Waals surface area contributed by atoms with Crippen molar-refractivity contribution in [3.05, 3.63) is 35.9 Å². The van der Waals surface area contributed by atoms with Crippen molar-refractivity contribution >= 4 is 16.1 Å². The van der Waals surface area contributed by atoms with Crippen LogP contribution < -0.4 is 5.32 Å². The monoisotopic (exact) mass is 325 g/mol. The fourth-order valence-corrected chi connectivity index (χ4v) is 3.91. The molecule has 1 N–H and O–H groups in total. The van der Waals surface area contributed by atoms with Crippen LogP contribution in [0, 0.1) is 0 Å². The van der Waals surface area contributed by atoms with Gasteiger partial charge in [-0.15, -0.1) is 0 Å². The van der Waals surface area contributed by atoms with Gasteiger partial charge in [-0.2, -0.15) is 4.31 Å². The number of hydrogen-bond donors (Lipinski definition) is 1. The van der Waals surface area contributed by atoms with Crippen LogP contribution in [0.15, 0.2) is 30.3 Å². The number of urea groups is 1. The second-order valence-corrected chi connectivity index (χ2v) is 7.33. The minimum atomic E-state index is -3.33. The first kappa shape index (κ1) is 16.8. The Balaban J connectivity index is 1.89. The number of sulfonamides is 1. The summed E-state index contributed by atoms with van der Waals surface area (Å²) in [6, 6.07) is 9.05. The summed E-state index contributed by atoms with van der Waals surface area (Å²) in [6.07, 6.45) is 0.886. The highest BCUT2D eigenvalue weighted by atomic mass is 32.2. The maximum Gasteiger partial charge on any atom is 0.317 e. The second kappa shape index (κ2) is 7.60. The van der Waals surface area contributed by atoms with E-state index in [1.807, 2.05) is 37.3 Å². The van der Waals surface area contributed by atoms with Gasteiger partial charge in [0.05, 0.1) is 5.75 Å². The van der Waals surface area contributed by atoms with Gasteiger partial charge < -0.3 is 10.2 Å². The van der Waals surface area contributed by atoms with Gasteiger partial charge in [0, 0.05) is 32.7 Å². The Morgan fingerprint density at radius 1 is 1.14 bits per heavy atom. The van der Waals surface area contributed by atoms with Crippen molar-refractivity contribution in [2.24, 2.45) is 0 Å². The summed E-state index contributed by atoms with van der Waals surface area (Å²) >= 11 is 0. The van der Waals surface area contributed by atoms with Gasteiger partial charge in [0.2, 0.25) is 10.0 Å². The van der Waals surface area contributed by atoms with Crippen LogP contribution in [0.3, 0.4) is 0 Å². The number of carbonyl (C=O) groups excluding carboxylic acids is 1. The first-order valence-electron chi connectivity index (χ1n) is 7.57. The van der Waals surface area contributed by atoms with Gasteiger partial charge >= 0.3 is 6.03 Å². The van der Waals surface area contributed by atoms with E-state index >= 15 is 0 Å². The van der Waals surface area contributed by atoms with E-state index in [-0.39, 0.29) is 11.8 Å². The summed E-state index contributed by atoms with van der Waals surface area (Å²) in [4.78, 5) is 13.5. The molecule has 1 aliphatic rings.